The first-order valence-corrected chi connectivity index (χ1v) is 8.92. The van der Waals surface area contributed by atoms with Gasteiger partial charge in [0.25, 0.3) is 0 Å². The Bertz CT molecular complexity index is 669. The average Bonchev–Trinajstić information content (AvgIpc) is 2.53. The molecule has 0 fully saturated rings. The number of ketones is 1. The lowest BCUT2D eigenvalue weighted by molar-refractivity contribution is 0.0966. The number of hydrogen-bond donors (Lipinski definition) is 0. The number of rotatable bonds is 5. The van der Waals surface area contributed by atoms with Crippen LogP contribution in [0.3, 0.4) is 0 Å². The van der Waals surface area contributed by atoms with Crippen LogP contribution in [0.25, 0.3) is 0 Å². The van der Waals surface area contributed by atoms with Crippen molar-refractivity contribution in [1.29, 1.82) is 0 Å². The molecule has 1 heteroatoms. The van der Waals surface area contributed by atoms with Crippen molar-refractivity contribution in [3.05, 3.63) is 70.8 Å². The van der Waals surface area contributed by atoms with Gasteiger partial charge in [-0.15, -0.1) is 0 Å². The molecule has 0 N–H and O–H groups in total. The lowest BCUT2D eigenvalue weighted by atomic mass is 9.85. The number of Topliss-reactive ketones (excluding diaryl/α,β-unsaturated/α-hetero) is 1. The van der Waals surface area contributed by atoms with Gasteiger partial charge in [-0.25, -0.2) is 0 Å². The van der Waals surface area contributed by atoms with Crippen molar-refractivity contribution >= 4 is 5.78 Å². The van der Waals surface area contributed by atoms with Gasteiger partial charge in [0, 0.05) is 11.5 Å². The van der Waals surface area contributed by atoms with E-state index in [2.05, 4.69) is 71.0 Å². The number of carbonyl (C=O) groups excluding carboxylic acids is 1. The van der Waals surface area contributed by atoms with Gasteiger partial charge in [-0.2, -0.15) is 0 Å². The van der Waals surface area contributed by atoms with Gasteiger partial charge in [-0.3, -0.25) is 4.79 Å². The van der Waals surface area contributed by atoms with E-state index in [0.717, 1.165) is 17.5 Å². The normalized spacial score (nSPS) is 13.1. The molecule has 1 unspecified atom stereocenters. The Hall–Kier alpha value is -1.89. The molecule has 0 amide bonds. The Kier molecular flexibility index (Phi) is 5.64. The fourth-order valence-corrected chi connectivity index (χ4v) is 2.95. The number of benzene rings is 2. The maximum atomic E-state index is 12.8. The number of carbonyl (C=O) groups is 1. The van der Waals surface area contributed by atoms with E-state index in [0.29, 0.717) is 5.92 Å². The second kappa shape index (κ2) is 7.34. The lowest BCUT2D eigenvalue weighted by Gasteiger charge is -2.19. The van der Waals surface area contributed by atoms with Gasteiger partial charge in [-0.05, 0) is 34.4 Å². The molecule has 0 aliphatic heterocycles. The quantitative estimate of drug-likeness (QED) is 0.602. The van der Waals surface area contributed by atoms with Crippen molar-refractivity contribution in [2.24, 2.45) is 5.92 Å². The summed E-state index contributed by atoms with van der Waals surface area (Å²) in [5.41, 5.74) is 4.58. The Morgan fingerprint density at radius 2 is 1.42 bits per heavy atom. The summed E-state index contributed by atoms with van der Waals surface area (Å²) in [5, 5.41) is 0. The van der Waals surface area contributed by atoms with Gasteiger partial charge in [0.2, 0.25) is 0 Å². The topological polar surface area (TPSA) is 17.1 Å². The van der Waals surface area contributed by atoms with Crippen molar-refractivity contribution in [2.45, 2.75) is 59.3 Å². The molecule has 0 radical (unpaired) electrons. The largest absolute Gasteiger partial charge is 0.294 e. The maximum absolute atomic E-state index is 12.8. The van der Waals surface area contributed by atoms with Crippen LogP contribution in [-0.2, 0) is 11.8 Å². The van der Waals surface area contributed by atoms with Crippen LogP contribution in [0.1, 0.15) is 74.5 Å². The predicted molar refractivity (Wildman–Crippen MR) is 103 cm³/mol. The fourth-order valence-electron chi connectivity index (χ4n) is 2.95. The van der Waals surface area contributed by atoms with Gasteiger partial charge < -0.3 is 0 Å². The summed E-state index contributed by atoms with van der Waals surface area (Å²) < 4.78 is 0. The van der Waals surface area contributed by atoms with Crippen molar-refractivity contribution in [3.63, 3.8) is 0 Å². The Balaban J connectivity index is 2.14. The minimum absolute atomic E-state index is 0.111. The molecule has 128 valence electrons. The van der Waals surface area contributed by atoms with Crippen molar-refractivity contribution in [2.75, 3.05) is 0 Å². The smallest absolute Gasteiger partial charge is 0.170 e. The third kappa shape index (κ3) is 4.56. The lowest BCUT2D eigenvalue weighted by Crippen LogP contribution is -2.13. The summed E-state index contributed by atoms with van der Waals surface area (Å²) >= 11 is 0. The molecule has 0 aromatic heterocycles. The molecule has 0 aliphatic carbocycles. The van der Waals surface area contributed by atoms with Crippen molar-refractivity contribution in [1.82, 2.24) is 0 Å². The van der Waals surface area contributed by atoms with Crippen LogP contribution in [0.2, 0.25) is 0 Å². The molecule has 1 atom stereocenters. The monoisotopic (exact) mass is 322 g/mol. The van der Waals surface area contributed by atoms with Crippen LogP contribution < -0.4 is 0 Å². The summed E-state index contributed by atoms with van der Waals surface area (Å²) in [6.45, 7) is 13.0. The molecule has 0 saturated heterocycles. The molecule has 0 heterocycles. The van der Waals surface area contributed by atoms with Crippen LogP contribution >= 0.6 is 0 Å². The summed E-state index contributed by atoms with van der Waals surface area (Å²) in [6.07, 6.45) is 1.08. The highest BCUT2D eigenvalue weighted by Crippen LogP contribution is 2.25. The average molecular weight is 322 g/mol. The van der Waals surface area contributed by atoms with Crippen LogP contribution in [0, 0.1) is 5.92 Å². The Labute approximate surface area is 147 Å². The van der Waals surface area contributed by atoms with E-state index in [-0.39, 0.29) is 17.1 Å². The summed E-state index contributed by atoms with van der Waals surface area (Å²) in [7, 11) is 0. The third-order valence-electron chi connectivity index (χ3n) is 4.55. The van der Waals surface area contributed by atoms with Gasteiger partial charge in [0.15, 0.2) is 5.78 Å². The SMILES string of the molecule is CC(C)Cc1ccc(C(C)C(=O)c2ccc(C(C)(C)C)cc2)cc1. The van der Waals surface area contributed by atoms with E-state index in [4.69, 9.17) is 0 Å². The molecule has 2 aromatic rings. The minimum atomic E-state index is -0.112. The van der Waals surface area contributed by atoms with Crippen LogP contribution in [0.5, 0.6) is 0 Å². The summed E-state index contributed by atoms with van der Waals surface area (Å²) in [6, 6.07) is 16.6. The Morgan fingerprint density at radius 3 is 1.88 bits per heavy atom. The summed E-state index contributed by atoms with van der Waals surface area (Å²) in [5.74, 6) is 0.724. The van der Waals surface area contributed by atoms with Crippen molar-refractivity contribution < 1.29 is 4.79 Å². The highest BCUT2D eigenvalue weighted by molar-refractivity contribution is 6.00. The molecular weight excluding hydrogens is 292 g/mol. The standard InChI is InChI=1S/C23H30O/c1-16(2)15-18-7-9-19(10-8-18)17(3)22(24)20-11-13-21(14-12-20)23(4,5)6/h7-14,16-17H,15H2,1-6H3. The highest BCUT2D eigenvalue weighted by Gasteiger charge is 2.19. The number of hydrogen-bond acceptors (Lipinski definition) is 1. The zero-order chi connectivity index (χ0) is 17.9. The highest BCUT2D eigenvalue weighted by atomic mass is 16.1. The van der Waals surface area contributed by atoms with E-state index in [9.17, 15) is 4.79 Å². The molecule has 0 spiro atoms. The van der Waals surface area contributed by atoms with Gasteiger partial charge >= 0.3 is 0 Å². The van der Waals surface area contributed by atoms with Gasteiger partial charge in [0.05, 0.1) is 0 Å². The van der Waals surface area contributed by atoms with E-state index in [1.165, 1.54) is 11.1 Å². The first-order chi connectivity index (χ1) is 11.2. The van der Waals surface area contributed by atoms with E-state index in [1.807, 2.05) is 19.1 Å². The molecule has 0 aliphatic rings. The zero-order valence-corrected chi connectivity index (χ0v) is 15.9. The molecule has 2 rings (SSSR count). The van der Waals surface area contributed by atoms with E-state index >= 15 is 0 Å². The maximum Gasteiger partial charge on any atom is 0.170 e. The van der Waals surface area contributed by atoms with E-state index in [1.54, 1.807) is 0 Å². The second-order valence-electron chi connectivity index (χ2n) is 8.25. The van der Waals surface area contributed by atoms with Crippen molar-refractivity contribution in [3.8, 4) is 0 Å². The van der Waals surface area contributed by atoms with Crippen LogP contribution in [0.15, 0.2) is 48.5 Å². The summed E-state index contributed by atoms with van der Waals surface area (Å²) in [4.78, 5) is 12.8. The minimum Gasteiger partial charge on any atom is -0.294 e. The van der Waals surface area contributed by atoms with Crippen LogP contribution in [0.4, 0.5) is 0 Å². The fraction of sp³-hybridized carbons (Fsp3) is 0.435. The Morgan fingerprint density at radius 1 is 0.875 bits per heavy atom. The van der Waals surface area contributed by atoms with Gasteiger partial charge in [-0.1, -0.05) is 90.1 Å². The molecular formula is C23H30O. The van der Waals surface area contributed by atoms with Gasteiger partial charge in [0.1, 0.15) is 0 Å². The molecule has 24 heavy (non-hydrogen) atoms. The van der Waals surface area contributed by atoms with E-state index < -0.39 is 0 Å². The second-order valence-corrected chi connectivity index (χ2v) is 8.25. The molecule has 0 bridgehead atoms. The van der Waals surface area contributed by atoms with Crippen LogP contribution in [-0.4, -0.2) is 5.78 Å². The third-order valence-corrected chi connectivity index (χ3v) is 4.55. The molecule has 0 saturated carbocycles. The zero-order valence-electron chi connectivity index (χ0n) is 15.9. The molecule has 2 aromatic carbocycles. The first kappa shape index (κ1) is 18.4. The first-order valence-electron chi connectivity index (χ1n) is 8.92. The molecule has 1 nitrogen and oxygen atoms in total. The predicted octanol–water partition coefficient (Wildman–Crippen LogP) is 6.17.